The van der Waals surface area contributed by atoms with Crippen LogP contribution in [0, 0.1) is 27.7 Å². The molecule has 34 heavy (non-hydrogen) atoms. The zero-order chi connectivity index (χ0) is 24.5. The van der Waals surface area contributed by atoms with Crippen molar-refractivity contribution in [1.82, 2.24) is 20.0 Å². The summed E-state index contributed by atoms with van der Waals surface area (Å²) >= 11 is 0. The summed E-state index contributed by atoms with van der Waals surface area (Å²) in [4.78, 5) is 0.198. The molecule has 2 aromatic heterocycles. The standard InChI is InChI=1S/C24H25N5O4S/c1-15-13-22(16(2)12-21(15)32-5)34(30,31)28-19-6-8-20(9-7-19)33-24-11-10-23(25-26-24)29-18(4)14-17(3)27-29/h6-14,28H,1-5H3. The molecule has 2 aromatic carbocycles. The largest absolute Gasteiger partial charge is 0.496 e. The van der Waals surface area contributed by atoms with E-state index in [1.807, 2.05) is 19.9 Å². The van der Waals surface area contributed by atoms with Gasteiger partial charge in [-0.2, -0.15) is 5.10 Å². The first kappa shape index (κ1) is 23.2. The van der Waals surface area contributed by atoms with E-state index < -0.39 is 10.0 Å². The number of anilines is 1. The predicted octanol–water partition coefficient (Wildman–Crippen LogP) is 4.50. The molecule has 0 aliphatic rings. The van der Waals surface area contributed by atoms with Gasteiger partial charge >= 0.3 is 0 Å². The molecule has 9 nitrogen and oxygen atoms in total. The highest BCUT2D eigenvalue weighted by atomic mass is 32.2. The number of benzene rings is 2. The summed E-state index contributed by atoms with van der Waals surface area (Å²) in [5, 5.41) is 12.7. The highest BCUT2D eigenvalue weighted by Gasteiger charge is 2.19. The van der Waals surface area contributed by atoms with Crippen LogP contribution >= 0.6 is 0 Å². The van der Waals surface area contributed by atoms with E-state index in [0.717, 1.165) is 17.0 Å². The number of hydrogen-bond acceptors (Lipinski definition) is 7. The van der Waals surface area contributed by atoms with E-state index >= 15 is 0 Å². The van der Waals surface area contributed by atoms with Gasteiger partial charge in [-0.05, 0) is 87.4 Å². The lowest BCUT2D eigenvalue weighted by Gasteiger charge is -2.14. The first-order valence-corrected chi connectivity index (χ1v) is 12.0. The minimum atomic E-state index is -3.77. The predicted molar refractivity (Wildman–Crippen MR) is 128 cm³/mol. The topological polar surface area (TPSA) is 108 Å². The summed E-state index contributed by atoms with van der Waals surface area (Å²) in [6.07, 6.45) is 0. The maximum atomic E-state index is 12.9. The molecular formula is C24H25N5O4S. The highest BCUT2D eigenvalue weighted by molar-refractivity contribution is 7.92. The first-order valence-electron chi connectivity index (χ1n) is 10.5. The lowest BCUT2D eigenvalue weighted by Crippen LogP contribution is -2.14. The summed E-state index contributed by atoms with van der Waals surface area (Å²) in [6.45, 7) is 7.39. The molecule has 0 atom stereocenters. The summed E-state index contributed by atoms with van der Waals surface area (Å²) in [6, 6.07) is 15.3. The fourth-order valence-electron chi connectivity index (χ4n) is 3.54. The van der Waals surface area contributed by atoms with Crippen LogP contribution in [0.4, 0.5) is 5.69 Å². The van der Waals surface area contributed by atoms with Crippen molar-refractivity contribution in [2.24, 2.45) is 0 Å². The molecule has 0 amide bonds. The summed E-state index contributed by atoms with van der Waals surface area (Å²) in [5.41, 5.74) is 3.59. The average Bonchev–Trinajstić information content (AvgIpc) is 3.14. The number of methoxy groups -OCH3 is 1. The van der Waals surface area contributed by atoms with Crippen LogP contribution in [0.15, 0.2) is 59.5 Å². The molecule has 0 aliphatic heterocycles. The van der Waals surface area contributed by atoms with Crippen molar-refractivity contribution in [3.05, 3.63) is 77.1 Å². The number of hydrogen-bond donors (Lipinski definition) is 1. The van der Waals surface area contributed by atoms with Crippen molar-refractivity contribution in [3.63, 3.8) is 0 Å². The van der Waals surface area contributed by atoms with Crippen LogP contribution in [0.25, 0.3) is 5.82 Å². The normalized spacial score (nSPS) is 11.3. The van der Waals surface area contributed by atoms with Gasteiger partial charge in [-0.1, -0.05) is 0 Å². The molecule has 176 valence electrons. The minimum absolute atomic E-state index is 0.198. The molecule has 4 rings (SSSR count). The lowest BCUT2D eigenvalue weighted by atomic mass is 10.1. The quantitative estimate of drug-likeness (QED) is 0.416. The monoisotopic (exact) mass is 479 g/mol. The number of aromatic nitrogens is 4. The van der Waals surface area contributed by atoms with Crippen molar-refractivity contribution < 1.29 is 17.9 Å². The number of rotatable bonds is 7. The Balaban J connectivity index is 1.46. The second-order valence-electron chi connectivity index (χ2n) is 7.89. The van der Waals surface area contributed by atoms with Crippen LogP contribution in [-0.2, 0) is 10.0 Å². The zero-order valence-electron chi connectivity index (χ0n) is 19.5. The summed E-state index contributed by atoms with van der Waals surface area (Å²) in [7, 11) is -2.22. The average molecular weight is 480 g/mol. The van der Waals surface area contributed by atoms with Crippen LogP contribution in [0.1, 0.15) is 22.5 Å². The molecule has 0 unspecified atom stereocenters. The Morgan fingerprint density at radius 3 is 2.21 bits per heavy atom. The maximum absolute atomic E-state index is 12.9. The third-order valence-electron chi connectivity index (χ3n) is 5.16. The van der Waals surface area contributed by atoms with Gasteiger partial charge in [-0.3, -0.25) is 4.72 Å². The second-order valence-corrected chi connectivity index (χ2v) is 9.54. The van der Waals surface area contributed by atoms with E-state index in [4.69, 9.17) is 9.47 Å². The van der Waals surface area contributed by atoms with Crippen LogP contribution in [0.2, 0.25) is 0 Å². The van der Waals surface area contributed by atoms with E-state index in [2.05, 4.69) is 20.0 Å². The third kappa shape index (κ3) is 4.86. The molecule has 0 bridgehead atoms. The zero-order valence-corrected chi connectivity index (χ0v) is 20.3. The van der Waals surface area contributed by atoms with Crippen LogP contribution in [0.3, 0.4) is 0 Å². The van der Waals surface area contributed by atoms with Gasteiger partial charge in [-0.15, -0.1) is 10.2 Å². The molecule has 0 aliphatic carbocycles. The fraction of sp³-hybridized carbons (Fsp3) is 0.208. The Hall–Kier alpha value is -3.92. The van der Waals surface area contributed by atoms with Gasteiger partial charge in [0.05, 0.1) is 17.7 Å². The SMILES string of the molecule is COc1cc(C)c(S(=O)(=O)Nc2ccc(Oc3ccc(-n4nc(C)cc4C)nn3)cc2)cc1C. The van der Waals surface area contributed by atoms with Crippen LogP contribution in [-0.4, -0.2) is 35.5 Å². The fourth-order valence-corrected chi connectivity index (χ4v) is 4.91. The van der Waals surface area contributed by atoms with E-state index in [0.29, 0.717) is 34.4 Å². The highest BCUT2D eigenvalue weighted by Crippen LogP contribution is 2.28. The Bertz CT molecular complexity index is 1430. The van der Waals surface area contributed by atoms with Crippen molar-refractivity contribution >= 4 is 15.7 Å². The van der Waals surface area contributed by atoms with Crippen molar-refractivity contribution in [2.45, 2.75) is 32.6 Å². The van der Waals surface area contributed by atoms with Crippen LogP contribution < -0.4 is 14.2 Å². The van der Waals surface area contributed by atoms with Gasteiger partial charge < -0.3 is 9.47 Å². The van der Waals surface area contributed by atoms with E-state index in [-0.39, 0.29) is 4.90 Å². The first-order chi connectivity index (χ1) is 16.2. The van der Waals surface area contributed by atoms with E-state index in [9.17, 15) is 8.42 Å². The Morgan fingerprint density at radius 2 is 1.62 bits per heavy atom. The Labute approximate surface area is 198 Å². The molecule has 10 heteroatoms. The number of ether oxygens (including phenoxy) is 2. The minimum Gasteiger partial charge on any atom is -0.496 e. The van der Waals surface area contributed by atoms with Gasteiger partial charge in [0, 0.05) is 17.4 Å². The second kappa shape index (κ2) is 9.14. The van der Waals surface area contributed by atoms with Gasteiger partial charge in [0.15, 0.2) is 5.82 Å². The van der Waals surface area contributed by atoms with Gasteiger partial charge in [0.1, 0.15) is 11.5 Å². The van der Waals surface area contributed by atoms with Gasteiger partial charge in [0.2, 0.25) is 5.88 Å². The lowest BCUT2D eigenvalue weighted by molar-refractivity contribution is 0.411. The molecule has 2 heterocycles. The van der Waals surface area contributed by atoms with Crippen molar-refractivity contribution in [2.75, 3.05) is 11.8 Å². The molecule has 0 radical (unpaired) electrons. The molecule has 0 spiro atoms. The summed E-state index contributed by atoms with van der Waals surface area (Å²) < 4.78 is 41.1. The van der Waals surface area contributed by atoms with E-state index in [1.54, 1.807) is 74.2 Å². The molecule has 0 saturated heterocycles. The summed E-state index contributed by atoms with van der Waals surface area (Å²) in [5.74, 6) is 2.03. The maximum Gasteiger partial charge on any atom is 0.262 e. The number of sulfonamides is 1. The van der Waals surface area contributed by atoms with Crippen molar-refractivity contribution in [1.29, 1.82) is 0 Å². The number of aryl methyl sites for hydroxylation is 4. The smallest absolute Gasteiger partial charge is 0.262 e. The number of nitrogens with zero attached hydrogens (tertiary/aromatic N) is 4. The Morgan fingerprint density at radius 1 is 0.882 bits per heavy atom. The van der Waals surface area contributed by atoms with Gasteiger partial charge in [0.25, 0.3) is 10.0 Å². The Kier molecular flexibility index (Phi) is 6.25. The van der Waals surface area contributed by atoms with Crippen molar-refractivity contribution in [3.8, 4) is 23.2 Å². The third-order valence-corrected chi connectivity index (χ3v) is 6.69. The molecular weight excluding hydrogens is 454 g/mol. The van der Waals surface area contributed by atoms with E-state index in [1.165, 1.54) is 0 Å². The van der Waals surface area contributed by atoms with Crippen LogP contribution in [0.5, 0.6) is 17.4 Å². The molecule has 1 N–H and O–H groups in total. The molecule has 0 fully saturated rings. The molecule has 4 aromatic rings. The number of nitrogens with one attached hydrogen (secondary N) is 1. The molecule has 0 saturated carbocycles. The van der Waals surface area contributed by atoms with Gasteiger partial charge in [-0.25, -0.2) is 13.1 Å².